The van der Waals surface area contributed by atoms with Crippen molar-refractivity contribution in [3.8, 4) is 0 Å². The highest BCUT2D eigenvalue weighted by molar-refractivity contribution is 5.98. The summed E-state index contributed by atoms with van der Waals surface area (Å²) in [6, 6.07) is 22.6. The number of nitrogen functional groups attached to an aromatic ring is 1. The van der Waals surface area contributed by atoms with Crippen molar-refractivity contribution in [3.05, 3.63) is 107 Å². The van der Waals surface area contributed by atoms with E-state index in [0.717, 1.165) is 27.8 Å². The number of benzene rings is 3. The number of rotatable bonds is 7. The number of para-hydroxylation sites is 1. The Kier molecular flexibility index (Phi) is 6.19. The smallest absolute Gasteiger partial charge is 0.305 e. The van der Waals surface area contributed by atoms with E-state index in [-0.39, 0.29) is 24.7 Å². The second-order valence-corrected chi connectivity index (χ2v) is 8.21. The third-order valence-electron chi connectivity index (χ3n) is 5.97. The fraction of sp³-hybridized carbons (Fsp3) is 0.185. The highest BCUT2D eigenvalue weighted by atomic mass is 16.4. The molecule has 0 bridgehead atoms. The van der Waals surface area contributed by atoms with Gasteiger partial charge in [0.1, 0.15) is 0 Å². The van der Waals surface area contributed by atoms with Crippen molar-refractivity contribution in [1.29, 1.82) is 0 Å². The van der Waals surface area contributed by atoms with E-state index in [2.05, 4.69) is 11.5 Å². The maximum atomic E-state index is 12.7. The average Bonchev–Trinajstić information content (AvgIpc) is 2.78. The predicted molar refractivity (Wildman–Crippen MR) is 126 cm³/mol. The van der Waals surface area contributed by atoms with Crippen LogP contribution in [0.3, 0.4) is 0 Å². The number of Topliss-reactive ketones (excluding diaryl/α,β-unsaturated/α-hetero) is 1. The van der Waals surface area contributed by atoms with Gasteiger partial charge in [-0.3, -0.25) is 14.5 Å². The molecule has 4 rings (SSSR count). The lowest BCUT2D eigenvalue weighted by molar-refractivity contribution is -0.138. The van der Waals surface area contributed by atoms with Crippen molar-refractivity contribution >= 4 is 23.0 Å². The SMILES string of the molecule is C=C1CN(Cc2ccc(C(=O)Cc3ccccc3N)cc2)C(CC(=O)O)c2ccccc21. The van der Waals surface area contributed by atoms with Crippen LogP contribution in [-0.4, -0.2) is 28.3 Å². The molecule has 0 fully saturated rings. The van der Waals surface area contributed by atoms with Gasteiger partial charge in [-0.1, -0.05) is 73.3 Å². The highest BCUT2D eigenvalue weighted by Gasteiger charge is 2.30. The lowest BCUT2D eigenvalue weighted by Crippen LogP contribution is -2.35. The maximum absolute atomic E-state index is 12.7. The van der Waals surface area contributed by atoms with E-state index < -0.39 is 5.97 Å². The first-order valence-corrected chi connectivity index (χ1v) is 10.6. The van der Waals surface area contributed by atoms with E-state index in [1.54, 1.807) is 6.07 Å². The van der Waals surface area contributed by atoms with Gasteiger partial charge in [0.15, 0.2) is 5.78 Å². The van der Waals surface area contributed by atoms with Gasteiger partial charge in [-0.25, -0.2) is 0 Å². The molecule has 3 aromatic carbocycles. The number of nitrogens with two attached hydrogens (primary N) is 1. The van der Waals surface area contributed by atoms with Crippen molar-refractivity contribution in [2.24, 2.45) is 0 Å². The Hall–Kier alpha value is -3.70. The zero-order valence-electron chi connectivity index (χ0n) is 17.8. The van der Waals surface area contributed by atoms with Gasteiger partial charge in [-0.2, -0.15) is 0 Å². The largest absolute Gasteiger partial charge is 0.481 e. The fourth-order valence-corrected chi connectivity index (χ4v) is 4.32. The van der Waals surface area contributed by atoms with Crippen molar-refractivity contribution in [1.82, 2.24) is 4.90 Å². The Morgan fingerprint density at radius 3 is 2.41 bits per heavy atom. The minimum absolute atomic E-state index is 0.0125. The number of carbonyl (C=O) groups excluding carboxylic acids is 1. The number of carboxylic acids is 1. The summed E-state index contributed by atoms with van der Waals surface area (Å²) >= 11 is 0. The van der Waals surface area contributed by atoms with Crippen LogP contribution in [-0.2, 0) is 17.8 Å². The van der Waals surface area contributed by atoms with Gasteiger partial charge in [-0.05, 0) is 33.9 Å². The molecule has 0 saturated heterocycles. The Morgan fingerprint density at radius 2 is 1.69 bits per heavy atom. The van der Waals surface area contributed by atoms with Crippen molar-refractivity contribution in [2.45, 2.75) is 25.4 Å². The zero-order valence-corrected chi connectivity index (χ0v) is 17.8. The molecule has 0 aromatic heterocycles. The first-order valence-electron chi connectivity index (χ1n) is 10.6. The maximum Gasteiger partial charge on any atom is 0.305 e. The van der Waals surface area contributed by atoms with Gasteiger partial charge < -0.3 is 10.8 Å². The first-order chi connectivity index (χ1) is 15.4. The third kappa shape index (κ3) is 4.63. The van der Waals surface area contributed by atoms with Gasteiger partial charge >= 0.3 is 5.97 Å². The van der Waals surface area contributed by atoms with Crippen molar-refractivity contribution in [3.63, 3.8) is 0 Å². The molecule has 0 aliphatic carbocycles. The van der Waals surface area contributed by atoms with Crippen LogP contribution >= 0.6 is 0 Å². The van der Waals surface area contributed by atoms with E-state index in [1.165, 1.54) is 0 Å². The molecule has 1 unspecified atom stereocenters. The van der Waals surface area contributed by atoms with Crippen LogP contribution in [0.1, 0.15) is 45.1 Å². The Bertz CT molecular complexity index is 1170. The molecular weight excluding hydrogens is 400 g/mol. The lowest BCUT2D eigenvalue weighted by Gasteiger charge is -2.37. The standard InChI is InChI=1S/C27H26N2O3/c1-18-16-29(25(15-27(31)32)23-8-4-3-7-22(18)23)17-19-10-12-20(13-11-19)26(30)14-21-6-2-5-9-24(21)28/h2-13,25H,1,14-17,28H2,(H,31,32). The average molecular weight is 427 g/mol. The summed E-state index contributed by atoms with van der Waals surface area (Å²) < 4.78 is 0. The number of hydrogen-bond acceptors (Lipinski definition) is 4. The summed E-state index contributed by atoms with van der Waals surface area (Å²) in [6.07, 6.45) is 0.287. The van der Waals surface area contributed by atoms with Crippen LogP contribution < -0.4 is 5.73 Å². The minimum Gasteiger partial charge on any atom is -0.481 e. The van der Waals surface area contributed by atoms with Crippen LogP contribution in [0.15, 0.2) is 79.4 Å². The normalized spacial score (nSPS) is 15.9. The van der Waals surface area contributed by atoms with E-state index in [9.17, 15) is 14.7 Å². The molecule has 0 spiro atoms. The van der Waals surface area contributed by atoms with Gasteiger partial charge in [-0.15, -0.1) is 0 Å². The lowest BCUT2D eigenvalue weighted by atomic mass is 9.88. The number of anilines is 1. The van der Waals surface area contributed by atoms with Gasteiger partial charge in [0.25, 0.3) is 0 Å². The molecule has 1 heterocycles. The van der Waals surface area contributed by atoms with E-state index in [4.69, 9.17) is 5.73 Å². The van der Waals surface area contributed by atoms with Crippen molar-refractivity contribution in [2.75, 3.05) is 12.3 Å². The summed E-state index contributed by atoms with van der Waals surface area (Å²) in [5.74, 6) is -0.818. The van der Waals surface area contributed by atoms with Gasteiger partial charge in [0, 0.05) is 36.8 Å². The van der Waals surface area contributed by atoms with E-state index >= 15 is 0 Å². The quantitative estimate of drug-likeness (QED) is 0.421. The Balaban J connectivity index is 1.51. The number of nitrogens with zero attached hydrogens (tertiary/aromatic N) is 1. The van der Waals surface area contributed by atoms with Gasteiger partial charge in [0.2, 0.25) is 0 Å². The molecule has 5 heteroatoms. The second-order valence-electron chi connectivity index (χ2n) is 8.21. The van der Waals surface area contributed by atoms with Crippen LogP contribution in [0.25, 0.3) is 5.57 Å². The fourth-order valence-electron chi connectivity index (χ4n) is 4.32. The summed E-state index contributed by atoms with van der Waals surface area (Å²) in [5.41, 5.74) is 12.1. The van der Waals surface area contributed by atoms with Crippen molar-refractivity contribution < 1.29 is 14.7 Å². The predicted octanol–water partition coefficient (Wildman–Crippen LogP) is 4.74. The molecule has 3 N–H and O–H groups in total. The molecule has 0 saturated carbocycles. The Morgan fingerprint density at radius 1 is 1.00 bits per heavy atom. The van der Waals surface area contributed by atoms with Crippen LogP contribution in [0.2, 0.25) is 0 Å². The number of hydrogen-bond donors (Lipinski definition) is 2. The number of fused-ring (bicyclic) bond motifs is 1. The summed E-state index contributed by atoms with van der Waals surface area (Å²) in [6.45, 7) is 5.38. The van der Waals surface area contributed by atoms with Crippen LogP contribution in [0, 0.1) is 0 Å². The second kappa shape index (κ2) is 9.20. The molecule has 3 aromatic rings. The molecule has 1 aliphatic heterocycles. The molecule has 162 valence electrons. The summed E-state index contributed by atoms with van der Waals surface area (Å²) in [5, 5.41) is 9.48. The van der Waals surface area contributed by atoms with E-state index in [1.807, 2.05) is 66.7 Å². The highest BCUT2D eigenvalue weighted by Crippen LogP contribution is 2.37. The number of aliphatic carboxylic acids is 1. The summed E-state index contributed by atoms with van der Waals surface area (Å²) in [4.78, 5) is 26.4. The molecule has 0 radical (unpaired) electrons. The monoisotopic (exact) mass is 426 g/mol. The topological polar surface area (TPSA) is 83.6 Å². The molecule has 32 heavy (non-hydrogen) atoms. The molecule has 1 aliphatic rings. The summed E-state index contributed by atoms with van der Waals surface area (Å²) in [7, 11) is 0. The van der Waals surface area contributed by atoms with Crippen LogP contribution in [0.4, 0.5) is 5.69 Å². The molecular formula is C27H26N2O3. The molecule has 1 atom stereocenters. The number of ketones is 1. The van der Waals surface area contributed by atoms with Crippen LogP contribution in [0.5, 0.6) is 0 Å². The molecule has 5 nitrogen and oxygen atoms in total. The number of carbonyl (C=O) groups is 2. The molecule has 0 amide bonds. The zero-order chi connectivity index (χ0) is 22.7. The minimum atomic E-state index is -0.830. The Labute approximate surface area is 187 Å². The van der Waals surface area contributed by atoms with Gasteiger partial charge in [0.05, 0.1) is 6.42 Å². The third-order valence-corrected chi connectivity index (χ3v) is 5.97. The number of carboxylic acid groups (broad SMARTS) is 1. The first kappa shape index (κ1) is 21.5. The van der Waals surface area contributed by atoms with E-state index in [0.29, 0.717) is 24.3 Å².